The van der Waals surface area contributed by atoms with Crippen LogP contribution in [0.25, 0.3) is 11.0 Å². The van der Waals surface area contributed by atoms with Gasteiger partial charge in [0, 0.05) is 24.8 Å². The average molecular weight is 402 g/mol. The lowest BCUT2D eigenvalue weighted by molar-refractivity contribution is 0.102. The maximum atomic E-state index is 13.0. The lowest BCUT2D eigenvalue weighted by atomic mass is 9.94. The van der Waals surface area contributed by atoms with Crippen molar-refractivity contribution >= 4 is 40.0 Å². The van der Waals surface area contributed by atoms with E-state index in [2.05, 4.69) is 10.3 Å². The predicted molar refractivity (Wildman–Crippen MR) is 110 cm³/mol. The normalized spacial score (nSPS) is 11.2. The number of fused-ring (bicyclic) bond motifs is 1. The first-order valence-electron chi connectivity index (χ1n) is 8.59. The van der Waals surface area contributed by atoms with Gasteiger partial charge in [0.1, 0.15) is 5.82 Å². The van der Waals surface area contributed by atoms with Gasteiger partial charge < -0.3 is 11.1 Å². The molecule has 0 aliphatic heterocycles. The minimum absolute atomic E-state index is 0.0501. The molecule has 3 rings (SSSR count). The Morgan fingerprint density at radius 2 is 1.75 bits per heavy atom. The zero-order valence-electron chi connectivity index (χ0n) is 15.9. The van der Waals surface area contributed by atoms with Crippen LogP contribution in [-0.2, 0) is 14.1 Å². The van der Waals surface area contributed by atoms with Gasteiger partial charge in [-0.25, -0.2) is 9.78 Å². The van der Waals surface area contributed by atoms with Gasteiger partial charge in [0.25, 0.3) is 11.5 Å². The van der Waals surface area contributed by atoms with Gasteiger partial charge in [-0.05, 0) is 35.7 Å². The molecule has 0 saturated carbocycles. The minimum Gasteiger partial charge on any atom is -0.383 e. The van der Waals surface area contributed by atoms with E-state index < -0.39 is 17.2 Å². The molecule has 0 fully saturated rings. The monoisotopic (exact) mass is 401 g/mol. The number of rotatable bonds is 3. The van der Waals surface area contributed by atoms with Gasteiger partial charge >= 0.3 is 5.69 Å². The molecule has 0 saturated heterocycles. The Morgan fingerprint density at radius 1 is 1.14 bits per heavy atom. The number of pyridine rings is 1. The van der Waals surface area contributed by atoms with Gasteiger partial charge in [0.2, 0.25) is 0 Å². The molecule has 2 aromatic heterocycles. The van der Waals surface area contributed by atoms with Crippen LogP contribution in [-0.4, -0.2) is 20.0 Å². The number of aromatic nitrogens is 3. The summed E-state index contributed by atoms with van der Waals surface area (Å²) in [5.41, 5.74) is 6.30. The predicted octanol–water partition coefficient (Wildman–Crippen LogP) is 2.24. The van der Waals surface area contributed by atoms with Crippen molar-refractivity contribution in [2.75, 3.05) is 11.1 Å². The molecule has 0 unspecified atom stereocenters. The number of nitrogen functional groups attached to an aromatic ring is 1. The van der Waals surface area contributed by atoms with Crippen LogP contribution < -0.4 is 22.3 Å². The number of carbonyl (C=O) groups excluding carboxylic acids is 1. The number of aryl methyl sites for hydroxylation is 1. The summed E-state index contributed by atoms with van der Waals surface area (Å²) in [6.07, 6.45) is 0. The number of carbonyl (C=O) groups is 1. The van der Waals surface area contributed by atoms with Crippen LogP contribution in [0.3, 0.4) is 0 Å². The topological polar surface area (TPSA) is 112 Å². The third kappa shape index (κ3) is 3.16. The highest BCUT2D eigenvalue weighted by Crippen LogP contribution is 2.29. The van der Waals surface area contributed by atoms with Crippen LogP contribution in [0.15, 0.2) is 33.9 Å². The van der Waals surface area contributed by atoms with E-state index in [-0.39, 0.29) is 28.3 Å². The standard InChI is InChI=1S/C19H20ClN5O3/c1-9(2)12-13(17(26)22-11-7-5-10(20)6-8-11)15(21)23-16-14(12)18(27)25(4)19(28)24(16)3/h5-9H,1-4H3,(H2,21,23)(H,22,26). The highest BCUT2D eigenvalue weighted by Gasteiger charge is 2.25. The molecule has 0 aliphatic carbocycles. The van der Waals surface area contributed by atoms with Gasteiger partial charge in [-0.2, -0.15) is 0 Å². The van der Waals surface area contributed by atoms with E-state index in [1.54, 1.807) is 24.3 Å². The van der Waals surface area contributed by atoms with Crippen LogP contribution in [0.4, 0.5) is 11.5 Å². The van der Waals surface area contributed by atoms with Crippen molar-refractivity contribution < 1.29 is 4.79 Å². The second kappa shape index (κ2) is 7.12. The molecule has 3 N–H and O–H groups in total. The van der Waals surface area contributed by atoms with Crippen molar-refractivity contribution in [3.63, 3.8) is 0 Å². The molecular formula is C19H20ClN5O3. The quantitative estimate of drug-likeness (QED) is 0.699. The summed E-state index contributed by atoms with van der Waals surface area (Å²) in [4.78, 5) is 42.3. The van der Waals surface area contributed by atoms with Gasteiger partial charge in [-0.15, -0.1) is 0 Å². The molecule has 146 valence electrons. The second-order valence-corrected chi connectivity index (χ2v) is 7.24. The summed E-state index contributed by atoms with van der Waals surface area (Å²) < 4.78 is 2.24. The number of anilines is 2. The molecule has 0 atom stereocenters. The molecule has 0 spiro atoms. The summed E-state index contributed by atoms with van der Waals surface area (Å²) in [7, 11) is 2.89. The van der Waals surface area contributed by atoms with Crippen LogP contribution in [0.1, 0.15) is 35.7 Å². The molecule has 0 aliphatic rings. The number of nitrogens with two attached hydrogens (primary N) is 1. The molecule has 0 radical (unpaired) electrons. The summed E-state index contributed by atoms with van der Waals surface area (Å²) in [6, 6.07) is 6.60. The molecule has 2 heterocycles. The van der Waals surface area contributed by atoms with Crippen LogP contribution in [0, 0.1) is 0 Å². The van der Waals surface area contributed by atoms with E-state index in [1.165, 1.54) is 18.7 Å². The zero-order chi connectivity index (χ0) is 20.7. The fourth-order valence-corrected chi connectivity index (χ4v) is 3.30. The van der Waals surface area contributed by atoms with E-state index in [4.69, 9.17) is 17.3 Å². The molecule has 0 bridgehead atoms. The molecule has 1 aromatic carbocycles. The largest absolute Gasteiger partial charge is 0.383 e. The number of hydrogen-bond donors (Lipinski definition) is 2. The number of halogens is 1. The lowest BCUT2D eigenvalue weighted by Gasteiger charge is -2.18. The lowest BCUT2D eigenvalue weighted by Crippen LogP contribution is -2.38. The minimum atomic E-state index is -0.519. The first kappa shape index (κ1) is 19.6. The van der Waals surface area contributed by atoms with Crippen LogP contribution >= 0.6 is 11.6 Å². The summed E-state index contributed by atoms with van der Waals surface area (Å²) >= 11 is 5.87. The number of nitrogens with zero attached hydrogens (tertiary/aromatic N) is 3. The number of hydrogen-bond acceptors (Lipinski definition) is 5. The van der Waals surface area contributed by atoms with E-state index >= 15 is 0 Å². The number of benzene rings is 1. The first-order chi connectivity index (χ1) is 13.1. The van der Waals surface area contributed by atoms with Crippen molar-refractivity contribution in [3.8, 4) is 0 Å². The Balaban J connectivity index is 2.31. The van der Waals surface area contributed by atoms with E-state index in [9.17, 15) is 14.4 Å². The first-order valence-corrected chi connectivity index (χ1v) is 8.97. The Labute approximate surface area is 165 Å². The van der Waals surface area contributed by atoms with E-state index in [0.29, 0.717) is 16.3 Å². The molecule has 9 heteroatoms. The summed E-state index contributed by atoms with van der Waals surface area (Å²) in [5, 5.41) is 3.49. The Kier molecular flexibility index (Phi) is 4.99. The maximum absolute atomic E-state index is 13.0. The van der Waals surface area contributed by atoms with Crippen LogP contribution in [0.2, 0.25) is 5.02 Å². The zero-order valence-corrected chi connectivity index (χ0v) is 16.7. The highest BCUT2D eigenvalue weighted by molar-refractivity contribution is 6.30. The van der Waals surface area contributed by atoms with Crippen molar-refractivity contribution in [1.29, 1.82) is 0 Å². The van der Waals surface area contributed by atoms with Gasteiger partial charge in [-0.3, -0.25) is 18.7 Å². The molecule has 1 amide bonds. The van der Waals surface area contributed by atoms with Crippen molar-refractivity contribution in [2.24, 2.45) is 14.1 Å². The van der Waals surface area contributed by atoms with E-state index in [0.717, 1.165) is 4.57 Å². The fraction of sp³-hybridized carbons (Fsp3) is 0.263. The van der Waals surface area contributed by atoms with Gasteiger partial charge in [0.05, 0.1) is 10.9 Å². The van der Waals surface area contributed by atoms with Gasteiger partial charge in [-0.1, -0.05) is 25.4 Å². The SMILES string of the molecule is CC(C)c1c(C(=O)Nc2ccc(Cl)cc2)c(N)nc2c1c(=O)n(C)c(=O)n2C. The fourth-order valence-electron chi connectivity index (χ4n) is 3.18. The van der Waals surface area contributed by atoms with Crippen molar-refractivity contribution in [1.82, 2.24) is 14.1 Å². The van der Waals surface area contributed by atoms with Crippen molar-refractivity contribution in [3.05, 3.63) is 61.3 Å². The highest BCUT2D eigenvalue weighted by atomic mass is 35.5. The smallest absolute Gasteiger partial charge is 0.332 e. The van der Waals surface area contributed by atoms with Gasteiger partial charge in [0.15, 0.2) is 5.65 Å². The third-order valence-electron chi connectivity index (χ3n) is 4.56. The van der Waals surface area contributed by atoms with Crippen LogP contribution in [0.5, 0.6) is 0 Å². The second-order valence-electron chi connectivity index (χ2n) is 6.81. The molecule has 8 nitrogen and oxygen atoms in total. The summed E-state index contributed by atoms with van der Waals surface area (Å²) in [5.74, 6) is -0.760. The average Bonchev–Trinajstić information content (AvgIpc) is 2.65. The molecule has 3 aromatic rings. The number of amides is 1. The Hall–Kier alpha value is -3.13. The summed E-state index contributed by atoms with van der Waals surface area (Å²) in [6.45, 7) is 3.69. The Bertz CT molecular complexity index is 1210. The van der Waals surface area contributed by atoms with E-state index in [1.807, 2.05) is 13.8 Å². The van der Waals surface area contributed by atoms with Crippen molar-refractivity contribution in [2.45, 2.75) is 19.8 Å². The third-order valence-corrected chi connectivity index (χ3v) is 4.81. The Morgan fingerprint density at radius 3 is 2.32 bits per heavy atom. The maximum Gasteiger partial charge on any atom is 0.332 e. The molecular weight excluding hydrogens is 382 g/mol. The number of nitrogens with one attached hydrogen (secondary N) is 1. The molecule has 28 heavy (non-hydrogen) atoms.